The molecule has 0 heterocycles. The summed E-state index contributed by atoms with van der Waals surface area (Å²) in [7, 11) is 0. The Balaban J connectivity index is 2.63. The number of ether oxygens (including phenoxy) is 1. The van der Waals surface area contributed by atoms with Gasteiger partial charge in [-0.1, -0.05) is 18.2 Å². The highest BCUT2D eigenvalue weighted by molar-refractivity contribution is 5.64. The van der Waals surface area contributed by atoms with E-state index in [0.29, 0.717) is 5.56 Å². The smallest absolute Gasteiger partial charge is 0.404 e. The van der Waals surface area contributed by atoms with Gasteiger partial charge in [0.1, 0.15) is 12.4 Å². The molecule has 0 aliphatic heterocycles. The molecule has 2 N–H and O–H groups in total. The van der Waals surface area contributed by atoms with Crippen molar-refractivity contribution in [2.75, 3.05) is 0 Å². The van der Waals surface area contributed by atoms with E-state index in [1.807, 2.05) is 0 Å². The van der Waals surface area contributed by atoms with Crippen LogP contribution in [0.1, 0.15) is 5.56 Å². The topological polar surface area (TPSA) is 52.3 Å². The minimum atomic E-state index is -0.904. The fourth-order valence-electron chi connectivity index (χ4n) is 0.764. The summed E-state index contributed by atoms with van der Waals surface area (Å²) in [6.45, 7) is -0.123. The SMILES string of the molecule is NC(=O)OCc1ccccc1F. The summed E-state index contributed by atoms with van der Waals surface area (Å²) in [5.74, 6) is -0.404. The van der Waals surface area contributed by atoms with Crippen LogP contribution >= 0.6 is 0 Å². The van der Waals surface area contributed by atoms with Gasteiger partial charge in [-0.15, -0.1) is 0 Å². The summed E-state index contributed by atoms with van der Waals surface area (Å²) < 4.78 is 17.2. The second-order valence-electron chi connectivity index (χ2n) is 2.20. The molecule has 0 aliphatic rings. The Labute approximate surface area is 68.9 Å². The van der Waals surface area contributed by atoms with Crippen LogP contribution in [-0.2, 0) is 11.3 Å². The van der Waals surface area contributed by atoms with E-state index >= 15 is 0 Å². The Kier molecular flexibility index (Phi) is 2.63. The molecule has 0 fully saturated rings. The second kappa shape index (κ2) is 3.71. The van der Waals surface area contributed by atoms with Crippen molar-refractivity contribution < 1.29 is 13.9 Å². The summed E-state index contributed by atoms with van der Waals surface area (Å²) in [5, 5.41) is 0. The van der Waals surface area contributed by atoms with Gasteiger partial charge in [-0.2, -0.15) is 0 Å². The molecule has 0 bridgehead atoms. The molecule has 0 atom stereocenters. The van der Waals surface area contributed by atoms with Crippen molar-refractivity contribution in [3.05, 3.63) is 35.6 Å². The standard InChI is InChI=1S/C8H8FNO2/c9-7-4-2-1-3-6(7)5-12-8(10)11/h1-4H,5H2,(H2,10,11). The van der Waals surface area contributed by atoms with Gasteiger partial charge in [0, 0.05) is 5.56 Å². The Bertz CT molecular complexity index is 288. The van der Waals surface area contributed by atoms with Crippen molar-refractivity contribution in [1.82, 2.24) is 0 Å². The Morgan fingerprint density at radius 2 is 2.17 bits per heavy atom. The molecule has 12 heavy (non-hydrogen) atoms. The van der Waals surface area contributed by atoms with Crippen molar-refractivity contribution in [2.45, 2.75) is 6.61 Å². The molecule has 1 aromatic carbocycles. The Morgan fingerprint density at radius 3 is 2.75 bits per heavy atom. The Morgan fingerprint density at radius 1 is 1.50 bits per heavy atom. The monoisotopic (exact) mass is 169 g/mol. The molecule has 0 saturated heterocycles. The number of nitrogens with two attached hydrogens (primary N) is 1. The third kappa shape index (κ3) is 2.23. The first-order valence-electron chi connectivity index (χ1n) is 3.36. The first kappa shape index (κ1) is 8.52. The molecule has 1 aromatic rings. The van der Waals surface area contributed by atoms with Crippen LogP contribution in [0.5, 0.6) is 0 Å². The molecule has 0 aromatic heterocycles. The van der Waals surface area contributed by atoms with Crippen LogP contribution < -0.4 is 5.73 Å². The van der Waals surface area contributed by atoms with Gasteiger partial charge in [0.2, 0.25) is 0 Å². The van der Waals surface area contributed by atoms with E-state index < -0.39 is 11.9 Å². The molecule has 0 spiro atoms. The van der Waals surface area contributed by atoms with Crippen molar-refractivity contribution in [1.29, 1.82) is 0 Å². The minimum Gasteiger partial charge on any atom is -0.445 e. The highest BCUT2D eigenvalue weighted by Gasteiger charge is 2.01. The molecule has 1 amide bonds. The van der Waals surface area contributed by atoms with E-state index in [9.17, 15) is 9.18 Å². The lowest BCUT2D eigenvalue weighted by molar-refractivity contribution is 0.149. The maximum Gasteiger partial charge on any atom is 0.404 e. The molecule has 1 rings (SSSR count). The molecule has 3 nitrogen and oxygen atoms in total. The maximum atomic E-state index is 12.8. The van der Waals surface area contributed by atoms with E-state index in [1.54, 1.807) is 12.1 Å². The lowest BCUT2D eigenvalue weighted by Gasteiger charge is -2.01. The van der Waals surface area contributed by atoms with Crippen LogP contribution in [0.3, 0.4) is 0 Å². The average Bonchev–Trinajstić information content (AvgIpc) is 2.03. The molecule has 4 heteroatoms. The number of hydrogen-bond donors (Lipinski definition) is 1. The lowest BCUT2D eigenvalue weighted by atomic mass is 10.2. The van der Waals surface area contributed by atoms with Crippen LogP contribution in [0.2, 0.25) is 0 Å². The molecule has 0 unspecified atom stereocenters. The zero-order chi connectivity index (χ0) is 8.97. The normalized spacial score (nSPS) is 9.42. The van der Waals surface area contributed by atoms with Crippen LogP contribution in [0, 0.1) is 5.82 Å². The van der Waals surface area contributed by atoms with Crippen molar-refractivity contribution in [3.8, 4) is 0 Å². The predicted octanol–water partition coefficient (Wildman–Crippen LogP) is 1.42. The molecular weight excluding hydrogens is 161 g/mol. The van der Waals surface area contributed by atoms with Crippen molar-refractivity contribution in [2.24, 2.45) is 5.73 Å². The Hall–Kier alpha value is -1.58. The van der Waals surface area contributed by atoms with Crippen LogP contribution in [-0.4, -0.2) is 6.09 Å². The lowest BCUT2D eigenvalue weighted by Crippen LogP contribution is -2.13. The van der Waals surface area contributed by atoms with Gasteiger partial charge in [0.05, 0.1) is 0 Å². The van der Waals surface area contributed by atoms with Gasteiger partial charge in [0.25, 0.3) is 0 Å². The maximum absolute atomic E-state index is 12.8. The molecule has 0 saturated carbocycles. The van der Waals surface area contributed by atoms with Gasteiger partial charge < -0.3 is 10.5 Å². The zero-order valence-electron chi connectivity index (χ0n) is 6.29. The number of halogens is 1. The van der Waals surface area contributed by atoms with E-state index in [2.05, 4.69) is 4.74 Å². The molecule has 0 radical (unpaired) electrons. The molecule has 64 valence electrons. The summed E-state index contributed by atoms with van der Waals surface area (Å²) in [5.41, 5.74) is 5.02. The fourth-order valence-corrected chi connectivity index (χ4v) is 0.764. The number of primary amides is 1. The van der Waals surface area contributed by atoms with Gasteiger partial charge in [0.15, 0.2) is 0 Å². The third-order valence-corrected chi connectivity index (χ3v) is 1.33. The zero-order valence-corrected chi connectivity index (χ0v) is 6.29. The number of rotatable bonds is 2. The average molecular weight is 169 g/mol. The number of benzene rings is 1. The summed E-state index contributed by atoms with van der Waals surface area (Å²) in [4.78, 5) is 10.2. The van der Waals surface area contributed by atoms with Crippen LogP contribution in [0.25, 0.3) is 0 Å². The fraction of sp³-hybridized carbons (Fsp3) is 0.125. The number of carbonyl (C=O) groups excluding carboxylic acids is 1. The van der Waals surface area contributed by atoms with Crippen molar-refractivity contribution in [3.63, 3.8) is 0 Å². The molecular formula is C8H8FNO2. The van der Waals surface area contributed by atoms with Crippen LogP contribution in [0.15, 0.2) is 24.3 Å². The summed E-state index contributed by atoms with van der Waals surface area (Å²) in [6.07, 6.45) is -0.904. The quantitative estimate of drug-likeness (QED) is 0.727. The van der Waals surface area contributed by atoms with E-state index in [-0.39, 0.29) is 6.61 Å². The highest BCUT2D eigenvalue weighted by Crippen LogP contribution is 2.06. The third-order valence-electron chi connectivity index (χ3n) is 1.33. The van der Waals surface area contributed by atoms with Crippen LogP contribution in [0.4, 0.5) is 9.18 Å². The highest BCUT2D eigenvalue weighted by atomic mass is 19.1. The van der Waals surface area contributed by atoms with Gasteiger partial charge in [-0.05, 0) is 6.07 Å². The number of amides is 1. The summed E-state index contributed by atoms with van der Waals surface area (Å²) in [6, 6.07) is 6.03. The molecule has 0 aliphatic carbocycles. The second-order valence-corrected chi connectivity index (χ2v) is 2.20. The first-order valence-corrected chi connectivity index (χ1v) is 3.36. The van der Waals surface area contributed by atoms with E-state index in [0.717, 1.165) is 0 Å². The summed E-state index contributed by atoms with van der Waals surface area (Å²) >= 11 is 0. The van der Waals surface area contributed by atoms with Gasteiger partial charge >= 0.3 is 6.09 Å². The number of hydrogen-bond acceptors (Lipinski definition) is 2. The predicted molar refractivity (Wildman–Crippen MR) is 40.8 cm³/mol. The largest absolute Gasteiger partial charge is 0.445 e. The van der Waals surface area contributed by atoms with Crippen molar-refractivity contribution >= 4 is 6.09 Å². The van der Waals surface area contributed by atoms with E-state index in [1.165, 1.54) is 12.1 Å². The minimum absolute atomic E-state index is 0.123. The van der Waals surface area contributed by atoms with E-state index in [4.69, 9.17) is 5.73 Å². The van der Waals surface area contributed by atoms with Gasteiger partial charge in [-0.25, -0.2) is 9.18 Å². The first-order chi connectivity index (χ1) is 5.70. The number of carbonyl (C=O) groups is 1. The van der Waals surface area contributed by atoms with Gasteiger partial charge in [-0.3, -0.25) is 0 Å².